The van der Waals surface area contributed by atoms with Crippen molar-refractivity contribution < 1.29 is 0 Å². The Labute approximate surface area is 143 Å². The lowest BCUT2D eigenvalue weighted by atomic mass is 9.82. The molecule has 0 N–H and O–H groups in total. The van der Waals surface area contributed by atoms with Crippen LogP contribution in [0.25, 0.3) is 32.7 Å². The number of rotatable bonds is 1. The van der Waals surface area contributed by atoms with E-state index in [2.05, 4.69) is 99.6 Å². The van der Waals surface area contributed by atoms with Gasteiger partial charge in [-0.1, -0.05) is 81.4 Å². The van der Waals surface area contributed by atoms with E-state index >= 15 is 0 Å². The summed E-state index contributed by atoms with van der Waals surface area (Å²) in [6.07, 6.45) is 0. The number of hydrogen-bond donors (Lipinski definition) is 0. The minimum Gasteiger partial charge on any atom is -0.0616 e. The second kappa shape index (κ2) is 5.49. The topological polar surface area (TPSA) is 0 Å². The third-order valence-corrected chi connectivity index (χ3v) is 4.75. The van der Waals surface area contributed by atoms with Crippen LogP contribution in [0.2, 0.25) is 0 Å². The van der Waals surface area contributed by atoms with Crippen molar-refractivity contribution in [3.05, 3.63) is 84.4 Å². The molecule has 0 unspecified atom stereocenters. The molecule has 4 aromatic carbocycles. The SMILES string of the molecule is CC(C)(C)c1cc(-c2ccc3ccccc3c2)cc2ccccc12. The Morgan fingerprint density at radius 2 is 1.17 bits per heavy atom. The molecule has 0 aliphatic carbocycles. The first-order chi connectivity index (χ1) is 11.5. The maximum Gasteiger partial charge on any atom is -0.0125 e. The monoisotopic (exact) mass is 310 g/mol. The molecule has 0 saturated carbocycles. The molecule has 0 spiro atoms. The number of hydrogen-bond acceptors (Lipinski definition) is 0. The van der Waals surface area contributed by atoms with E-state index in [0.717, 1.165) is 0 Å². The summed E-state index contributed by atoms with van der Waals surface area (Å²) in [5.74, 6) is 0. The van der Waals surface area contributed by atoms with Crippen molar-refractivity contribution in [2.45, 2.75) is 26.2 Å². The Hall–Kier alpha value is -2.60. The predicted molar refractivity (Wildman–Crippen MR) is 106 cm³/mol. The van der Waals surface area contributed by atoms with Gasteiger partial charge in [0, 0.05) is 0 Å². The number of fused-ring (bicyclic) bond motifs is 2. The summed E-state index contributed by atoms with van der Waals surface area (Å²) in [7, 11) is 0. The van der Waals surface area contributed by atoms with E-state index in [1.807, 2.05) is 0 Å². The normalized spacial score (nSPS) is 12.0. The smallest absolute Gasteiger partial charge is 0.0125 e. The maximum atomic E-state index is 2.37. The van der Waals surface area contributed by atoms with Crippen molar-refractivity contribution in [1.29, 1.82) is 0 Å². The summed E-state index contributed by atoms with van der Waals surface area (Å²) >= 11 is 0. The average Bonchev–Trinajstić information content (AvgIpc) is 2.59. The van der Waals surface area contributed by atoms with Crippen LogP contribution in [0.5, 0.6) is 0 Å². The van der Waals surface area contributed by atoms with Crippen molar-refractivity contribution >= 4 is 21.5 Å². The van der Waals surface area contributed by atoms with Crippen LogP contribution in [-0.4, -0.2) is 0 Å². The van der Waals surface area contributed by atoms with E-state index in [-0.39, 0.29) is 5.41 Å². The molecule has 0 heterocycles. The summed E-state index contributed by atoms with van der Waals surface area (Å²) in [5, 5.41) is 5.25. The van der Waals surface area contributed by atoms with Gasteiger partial charge in [0.2, 0.25) is 0 Å². The molecule has 0 atom stereocenters. The fourth-order valence-electron chi connectivity index (χ4n) is 3.47. The van der Waals surface area contributed by atoms with Gasteiger partial charge in [0.15, 0.2) is 0 Å². The summed E-state index contributed by atoms with van der Waals surface area (Å²) in [4.78, 5) is 0. The highest BCUT2D eigenvalue weighted by molar-refractivity contribution is 5.93. The van der Waals surface area contributed by atoms with E-state index in [9.17, 15) is 0 Å². The lowest BCUT2D eigenvalue weighted by Gasteiger charge is -2.23. The molecular weight excluding hydrogens is 288 g/mol. The highest BCUT2D eigenvalue weighted by Gasteiger charge is 2.18. The van der Waals surface area contributed by atoms with Crippen molar-refractivity contribution in [3.63, 3.8) is 0 Å². The summed E-state index contributed by atoms with van der Waals surface area (Å²) in [6.45, 7) is 6.87. The molecule has 0 amide bonds. The minimum absolute atomic E-state index is 0.118. The highest BCUT2D eigenvalue weighted by atomic mass is 14.2. The van der Waals surface area contributed by atoms with Crippen LogP contribution in [0, 0.1) is 0 Å². The Bertz CT molecular complexity index is 1030. The van der Waals surface area contributed by atoms with Crippen molar-refractivity contribution in [3.8, 4) is 11.1 Å². The molecule has 0 bridgehead atoms. The van der Waals surface area contributed by atoms with Gasteiger partial charge in [-0.25, -0.2) is 0 Å². The quantitative estimate of drug-likeness (QED) is 0.356. The van der Waals surface area contributed by atoms with Gasteiger partial charge in [-0.15, -0.1) is 0 Å². The Balaban J connectivity index is 1.98. The van der Waals surface area contributed by atoms with E-state index in [0.29, 0.717) is 0 Å². The molecule has 0 aliphatic rings. The first kappa shape index (κ1) is 15.0. The van der Waals surface area contributed by atoms with E-state index in [1.165, 1.54) is 38.2 Å². The number of benzene rings is 4. The van der Waals surface area contributed by atoms with Crippen molar-refractivity contribution in [2.75, 3.05) is 0 Å². The Kier molecular flexibility index (Phi) is 3.42. The van der Waals surface area contributed by atoms with Crippen LogP contribution in [-0.2, 0) is 5.41 Å². The van der Waals surface area contributed by atoms with E-state index in [4.69, 9.17) is 0 Å². The largest absolute Gasteiger partial charge is 0.0616 e. The van der Waals surface area contributed by atoms with Gasteiger partial charge in [0.05, 0.1) is 0 Å². The van der Waals surface area contributed by atoms with Gasteiger partial charge in [0.25, 0.3) is 0 Å². The van der Waals surface area contributed by atoms with Gasteiger partial charge in [-0.2, -0.15) is 0 Å². The molecule has 24 heavy (non-hydrogen) atoms. The second-order valence-corrected chi connectivity index (χ2v) is 7.56. The molecule has 0 aliphatic heterocycles. The standard InChI is InChI=1S/C24H22/c1-24(2,3)23-16-21(15-20-10-6-7-11-22(20)23)19-13-12-17-8-4-5-9-18(17)14-19/h4-16H,1-3H3. The van der Waals surface area contributed by atoms with Crippen LogP contribution >= 0.6 is 0 Å². The summed E-state index contributed by atoms with van der Waals surface area (Å²) < 4.78 is 0. The zero-order valence-electron chi connectivity index (χ0n) is 14.5. The van der Waals surface area contributed by atoms with Gasteiger partial charge in [0.1, 0.15) is 0 Å². The highest BCUT2D eigenvalue weighted by Crippen LogP contribution is 2.35. The Morgan fingerprint density at radius 3 is 1.92 bits per heavy atom. The summed E-state index contributed by atoms with van der Waals surface area (Å²) in [5.41, 5.74) is 4.10. The average molecular weight is 310 g/mol. The maximum absolute atomic E-state index is 2.37. The lowest BCUT2D eigenvalue weighted by Crippen LogP contribution is -2.11. The van der Waals surface area contributed by atoms with Crippen LogP contribution in [0.3, 0.4) is 0 Å². The molecular formula is C24H22. The zero-order valence-corrected chi connectivity index (χ0v) is 14.5. The minimum atomic E-state index is 0.118. The third kappa shape index (κ3) is 2.59. The van der Waals surface area contributed by atoms with Crippen LogP contribution in [0.1, 0.15) is 26.3 Å². The zero-order chi connectivity index (χ0) is 16.7. The van der Waals surface area contributed by atoms with E-state index < -0.39 is 0 Å². The molecule has 4 aromatic rings. The fourth-order valence-corrected chi connectivity index (χ4v) is 3.47. The Morgan fingerprint density at radius 1 is 0.542 bits per heavy atom. The van der Waals surface area contributed by atoms with Crippen LogP contribution < -0.4 is 0 Å². The molecule has 0 fully saturated rings. The van der Waals surface area contributed by atoms with Crippen molar-refractivity contribution in [1.82, 2.24) is 0 Å². The molecule has 0 nitrogen and oxygen atoms in total. The molecule has 0 saturated heterocycles. The fraction of sp³-hybridized carbons (Fsp3) is 0.167. The van der Waals surface area contributed by atoms with Crippen LogP contribution in [0.15, 0.2) is 78.9 Å². The first-order valence-corrected chi connectivity index (χ1v) is 8.55. The van der Waals surface area contributed by atoms with Crippen LogP contribution in [0.4, 0.5) is 0 Å². The van der Waals surface area contributed by atoms with Gasteiger partial charge in [-0.05, 0) is 61.8 Å². The van der Waals surface area contributed by atoms with Gasteiger partial charge < -0.3 is 0 Å². The molecule has 118 valence electrons. The van der Waals surface area contributed by atoms with Gasteiger partial charge >= 0.3 is 0 Å². The first-order valence-electron chi connectivity index (χ1n) is 8.55. The predicted octanol–water partition coefficient (Wildman–Crippen LogP) is 6.96. The van der Waals surface area contributed by atoms with Gasteiger partial charge in [-0.3, -0.25) is 0 Å². The third-order valence-electron chi connectivity index (χ3n) is 4.75. The lowest BCUT2D eigenvalue weighted by molar-refractivity contribution is 0.596. The summed E-state index contributed by atoms with van der Waals surface area (Å²) in [6, 6.07) is 28.7. The molecule has 4 rings (SSSR count). The molecule has 0 aromatic heterocycles. The van der Waals surface area contributed by atoms with E-state index in [1.54, 1.807) is 0 Å². The second-order valence-electron chi connectivity index (χ2n) is 7.56. The molecule has 0 heteroatoms. The molecule has 0 radical (unpaired) electrons. The van der Waals surface area contributed by atoms with Crippen molar-refractivity contribution in [2.24, 2.45) is 0 Å².